The zero-order valence-electron chi connectivity index (χ0n) is 14.2. The van der Waals surface area contributed by atoms with Gasteiger partial charge in [0.25, 0.3) is 10.0 Å². The van der Waals surface area contributed by atoms with Gasteiger partial charge in [-0.3, -0.25) is 4.79 Å². The molecule has 0 saturated carbocycles. The Morgan fingerprint density at radius 3 is 2.71 bits per heavy atom. The molecular weight excluding hydrogens is 346 g/mol. The van der Waals surface area contributed by atoms with E-state index in [0.717, 1.165) is 24.1 Å². The molecule has 1 aromatic heterocycles. The minimum atomic E-state index is -3.35. The lowest BCUT2D eigenvalue weighted by atomic mass is 10.2. The van der Waals surface area contributed by atoms with E-state index in [1.165, 1.54) is 11.3 Å². The normalized spacial score (nSPS) is 17.6. The average Bonchev–Trinajstić information content (AvgIpc) is 3.03. The fraction of sp³-hybridized carbons (Fsp3) is 0.688. The molecule has 8 heteroatoms. The quantitative estimate of drug-likeness (QED) is 0.725. The zero-order valence-corrected chi connectivity index (χ0v) is 15.8. The molecule has 1 atom stereocenters. The van der Waals surface area contributed by atoms with Gasteiger partial charge in [0.1, 0.15) is 4.21 Å². The van der Waals surface area contributed by atoms with Crippen LogP contribution >= 0.6 is 11.3 Å². The molecule has 1 unspecified atom stereocenters. The molecule has 0 spiro atoms. The Hall–Kier alpha value is -0.960. The molecule has 1 fully saturated rings. The Morgan fingerprint density at radius 1 is 1.33 bits per heavy atom. The highest BCUT2D eigenvalue weighted by Crippen LogP contribution is 2.27. The fourth-order valence-electron chi connectivity index (χ4n) is 2.64. The summed E-state index contributed by atoms with van der Waals surface area (Å²) < 4.78 is 27.2. The number of rotatable bonds is 8. The van der Waals surface area contributed by atoms with E-state index in [1.807, 2.05) is 13.0 Å². The van der Waals surface area contributed by atoms with Crippen LogP contribution in [0.15, 0.2) is 16.3 Å². The van der Waals surface area contributed by atoms with E-state index < -0.39 is 10.0 Å². The second kappa shape index (κ2) is 8.94. The summed E-state index contributed by atoms with van der Waals surface area (Å²) >= 11 is 1.30. The van der Waals surface area contributed by atoms with Crippen LogP contribution in [0.2, 0.25) is 0 Å². The number of nitrogens with zero attached hydrogens (tertiary/aromatic N) is 1. The fourth-order valence-corrected chi connectivity index (χ4v) is 5.66. The first-order valence-electron chi connectivity index (χ1n) is 8.51. The Labute approximate surface area is 148 Å². The molecule has 2 heterocycles. The summed E-state index contributed by atoms with van der Waals surface area (Å²) in [6.07, 6.45) is 4.71. The molecule has 1 saturated heterocycles. The smallest absolute Gasteiger partial charge is 0.252 e. The predicted octanol–water partition coefficient (Wildman–Crippen LogP) is 1.71. The van der Waals surface area contributed by atoms with E-state index in [9.17, 15) is 13.2 Å². The lowest BCUT2D eigenvalue weighted by Gasteiger charge is -2.25. The lowest BCUT2D eigenvalue weighted by molar-refractivity contribution is -0.121. The largest absolute Gasteiger partial charge is 0.356 e. The Morgan fingerprint density at radius 2 is 2.04 bits per heavy atom. The van der Waals surface area contributed by atoms with Crippen LogP contribution in [0.4, 0.5) is 0 Å². The molecule has 1 amide bonds. The maximum atomic E-state index is 12.6. The van der Waals surface area contributed by atoms with Crippen LogP contribution < -0.4 is 11.1 Å². The van der Waals surface area contributed by atoms with E-state index in [4.69, 9.17) is 5.73 Å². The van der Waals surface area contributed by atoms with Gasteiger partial charge in [0.05, 0.1) is 0 Å². The van der Waals surface area contributed by atoms with Gasteiger partial charge in [-0.15, -0.1) is 11.3 Å². The number of nitrogens with one attached hydrogen (secondary N) is 1. The van der Waals surface area contributed by atoms with E-state index in [-0.39, 0.29) is 11.9 Å². The highest BCUT2D eigenvalue weighted by Gasteiger charge is 2.27. The van der Waals surface area contributed by atoms with Gasteiger partial charge < -0.3 is 11.1 Å². The third-order valence-corrected chi connectivity index (χ3v) is 7.58. The van der Waals surface area contributed by atoms with Gasteiger partial charge in [0.2, 0.25) is 5.91 Å². The van der Waals surface area contributed by atoms with E-state index in [2.05, 4.69) is 5.32 Å². The molecular formula is C16H27N3O3S2. The van der Waals surface area contributed by atoms with Crippen LogP contribution in [0.3, 0.4) is 0 Å². The molecule has 0 radical (unpaired) electrons. The van der Waals surface area contributed by atoms with Crippen molar-refractivity contribution in [3.8, 4) is 0 Å². The van der Waals surface area contributed by atoms with E-state index >= 15 is 0 Å². The van der Waals surface area contributed by atoms with E-state index in [1.54, 1.807) is 10.4 Å². The van der Waals surface area contributed by atoms with Crippen molar-refractivity contribution in [3.05, 3.63) is 17.0 Å². The summed E-state index contributed by atoms with van der Waals surface area (Å²) in [4.78, 5) is 12.6. The summed E-state index contributed by atoms with van der Waals surface area (Å²) in [6, 6.07) is 3.55. The van der Waals surface area contributed by atoms with Crippen LogP contribution in [0.25, 0.3) is 0 Å². The van der Waals surface area contributed by atoms with Crippen LogP contribution in [0.1, 0.15) is 43.9 Å². The molecule has 0 aromatic carbocycles. The van der Waals surface area contributed by atoms with Crippen molar-refractivity contribution >= 4 is 27.3 Å². The summed E-state index contributed by atoms with van der Waals surface area (Å²) in [6.45, 7) is 3.63. The van der Waals surface area contributed by atoms with Crippen LogP contribution in [0.5, 0.6) is 0 Å². The van der Waals surface area contributed by atoms with Crippen molar-refractivity contribution in [2.45, 2.75) is 55.7 Å². The van der Waals surface area contributed by atoms with Gasteiger partial charge in [-0.25, -0.2) is 8.42 Å². The number of carbonyl (C=O) groups is 1. The highest BCUT2D eigenvalue weighted by molar-refractivity contribution is 7.91. The van der Waals surface area contributed by atoms with Crippen molar-refractivity contribution in [3.63, 3.8) is 0 Å². The van der Waals surface area contributed by atoms with Gasteiger partial charge in [-0.1, -0.05) is 6.42 Å². The summed E-state index contributed by atoms with van der Waals surface area (Å²) in [5.41, 5.74) is 5.63. The van der Waals surface area contributed by atoms with Gasteiger partial charge >= 0.3 is 0 Å². The number of amides is 1. The Kier molecular flexibility index (Phi) is 7.21. The molecule has 1 aromatic rings. The van der Waals surface area contributed by atoms with Crippen molar-refractivity contribution in [1.29, 1.82) is 0 Å². The number of piperidine rings is 1. The molecule has 1 aliphatic heterocycles. The van der Waals surface area contributed by atoms with Crippen molar-refractivity contribution in [2.75, 3.05) is 19.6 Å². The predicted molar refractivity (Wildman–Crippen MR) is 96.5 cm³/mol. The van der Waals surface area contributed by atoms with Crippen molar-refractivity contribution in [2.24, 2.45) is 5.73 Å². The molecule has 6 nitrogen and oxygen atoms in total. The number of thiophene rings is 1. The summed E-state index contributed by atoms with van der Waals surface area (Å²) in [7, 11) is -3.35. The first-order valence-corrected chi connectivity index (χ1v) is 10.8. The minimum Gasteiger partial charge on any atom is -0.356 e. The van der Waals surface area contributed by atoms with Crippen molar-refractivity contribution in [1.82, 2.24) is 9.62 Å². The zero-order chi connectivity index (χ0) is 17.6. The maximum absolute atomic E-state index is 12.6. The topological polar surface area (TPSA) is 92.5 Å². The Bertz CT molecular complexity index is 635. The molecule has 136 valence electrons. The van der Waals surface area contributed by atoms with Gasteiger partial charge in [-0.2, -0.15) is 4.31 Å². The minimum absolute atomic E-state index is 0.00924. The molecule has 0 bridgehead atoms. The van der Waals surface area contributed by atoms with Crippen LogP contribution in [-0.2, 0) is 21.2 Å². The Balaban J connectivity index is 1.83. The first-order chi connectivity index (χ1) is 11.4. The van der Waals surface area contributed by atoms with Gasteiger partial charge in [0.15, 0.2) is 0 Å². The third-order valence-electron chi connectivity index (χ3n) is 4.07. The second-order valence-electron chi connectivity index (χ2n) is 6.30. The maximum Gasteiger partial charge on any atom is 0.252 e. The number of hydrogen-bond donors (Lipinski definition) is 2. The molecule has 1 aliphatic rings. The average molecular weight is 374 g/mol. The standard InChI is InChI=1S/C16H27N3O3S2/c1-13(17)5-7-15(20)18-10-9-14-6-8-16(23-14)24(21,22)19-11-3-2-4-12-19/h6,8,13H,2-5,7,9-12,17H2,1H3,(H,18,20). The SMILES string of the molecule is CC(N)CCC(=O)NCCc1ccc(S(=O)(=O)N2CCCCC2)s1. The number of carbonyl (C=O) groups excluding carboxylic acids is 1. The second-order valence-corrected chi connectivity index (χ2v) is 9.63. The lowest BCUT2D eigenvalue weighted by Crippen LogP contribution is -2.35. The number of sulfonamides is 1. The van der Waals surface area contributed by atoms with Crippen molar-refractivity contribution < 1.29 is 13.2 Å². The number of hydrogen-bond acceptors (Lipinski definition) is 5. The summed E-state index contributed by atoms with van der Waals surface area (Å²) in [5, 5.41) is 2.85. The van der Waals surface area contributed by atoms with E-state index in [0.29, 0.717) is 43.1 Å². The summed E-state index contributed by atoms with van der Waals surface area (Å²) in [5.74, 6) is -0.00924. The van der Waals surface area contributed by atoms with Crippen LogP contribution in [0, 0.1) is 0 Å². The van der Waals surface area contributed by atoms with Gasteiger partial charge in [0, 0.05) is 37.0 Å². The molecule has 0 aliphatic carbocycles. The highest BCUT2D eigenvalue weighted by atomic mass is 32.2. The monoisotopic (exact) mass is 373 g/mol. The first kappa shape index (κ1) is 19.4. The number of nitrogens with two attached hydrogens (primary N) is 1. The molecule has 3 N–H and O–H groups in total. The van der Waals surface area contributed by atoms with Gasteiger partial charge in [-0.05, 0) is 44.7 Å². The van der Waals surface area contributed by atoms with Crippen LogP contribution in [-0.4, -0.2) is 44.3 Å². The molecule has 24 heavy (non-hydrogen) atoms. The third kappa shape index (κ3) is 5.54. The molecule has 2 rings (SSSR count).